The van der Waals surface area contributed by atoms with Crippen molar-refractivity contribution in [2.45, 2.75) is 43.9 Å². The van der Waals surface area contributed by atoms with Crippen molar-refractivity contribution in [3.63, 3.8) is 0 Å². The number of fused-ring (bicyclic) bond motifs is 12. The van der Waals surface area contributed by atoms with Crippen molar-refractivity contribution >= 4 is 21.5 Å². The molecule has 0 atom stereocenters. The maximum Gasteiger partial charge on any atom is 0.0215 e. The number of rotatable bonds is 0. The number of benzene rings is 6. The molecule has 0 aromatic heterocycles. The Kier molecular flexibility index (Phi) is 5.23. The van der Waals surface area contributed by atoms with Crippen LogP contribution in [0.5, 0.6) is 0 Å². The third kappa shape index (κ3) is 3.44. The van der Waals surface area contributed by atoms with E-state index in [1.807, 2.05) is 0 Å². The lowest BCUT2D eigenvalue weighted by Gasteiger charge is -2.36. The molecule has 0 aliphatic heterocycles. The predicted molar refractivity (Wildman–Crippen MR) is 165 cm³/mol. The largest absolute Gasteiger partial charge is 0.0619 e. The third-order valence-corrected chi connectivity index (χ3v) is 9.55. The summed E-state index contributed by atoms with van der Waals surface area (Å²) in [6.45, 7) is 0. The highest BCUT2D eigenvalue weighted by atomic mass is 14.5. The zero-order valence-corrected chi connectivity index (χ0v) is 22.3. The van der Waals surface area contributed by atoms with E-state index in [0.29, 0.717) is 0 Å². The highest BCUT2D eigenvalue weighted by Crippen LogP contribution is 2.57. The van der Waals surface area contributed by atoms with Gasteiger partial charge in [-0.1, -0.05) is 141 Å². The molecule has 3 aliphatic rings. The molecule has 1 spiro atoms. The second kappa shape index (κ2) is 8.95. The average molecular weight is 501 g/mol. The van der Waals surface area contributed by atoms with Crippen molar-refractivity contribution in [3.8, 4) is 22.3 Å². The van der Waals surface area contributed by atoms with Crippen LogP contribution in [-0.4, -0.2) is 0 Å². The molecule has 0 unspecified atom stereocenters. The Morgan fingerprint density at radius 2 is 1.03 bits per heavy atom. The van der Waals surface area contributed by atoms with Gasteiger partial charge in [0, 0.05) is 5.41 Å². The van der Waals surface area contributed by atoms with Gasteiger partial charge < -0.3 is 0 Å². The van der Waals surface area contributed by atoms with Crippen LogP contribution >= 0.6 is 0 Å². The van der Waals surface area contributed by atoms with Crippen LogP contribution in [-0.2, 0) is 11.8 Å². The van der Waals surface area contributed by atoms with Crippen LogP contribution in [0.3, 0.4) is 0 Å². The molecule has 1 saturated carbocycles. The maximum absolute atomic E-state index is 2.42. The molecular weight excluding hydrogens is 468 g/mol. The van der Waals surface area contributed by atoms with Gasteiger partial charge in [-0.05, 0) is 85.3 Å². The fraction of sp³-hybridized carbons (Fsp3) is 0.179. The molecule has 0 amide bonds. The lowest BCUT2D eigenvalue weighted by atomic mass is 9.68. The molecule has 6 aromatic rings. The normalized spacial score (nSPS) is 15.8. The van der Waals surface area contributed by atoms with Crippen molar-refractivity contribution in [3.05, 3.63) is 144 Å². The summed E-state index contributed by atoms with van der Waals surface area (Å²) in [6, 6.07) is 44.7. The van der Waals surface area contributed by atoms with E-state index in [1.165, 1.54) is 87.0 Å². The van der Waals surface area contributed by atoms with Gasteiger partial charge in [0.2, 0.25) is 0 Å². The van der Waals surface area contributed by atoms with Crippen LogP contribution in [0.1, 0.15) is 54.4 Å². The van der Waals surface area contributed by atoms with E-state index in [0.717, 1.165) is 6.42 Å². The minimum atomic E-state index is 0.286. The second-order valence-corrected chi connectivity index (χ2v) is 11.6. The highest BCUT2D eigenvalue weighted by Gasteiger charge is 2.43. The average Bonchev–Trinajstić information content (AvgIpc) is 3.52. The van der Waals surface area contributed by atoms with Gasteiger partial charge in [-0.2, -0.15) is 0 Å². The molecule has 0 saturated heterocycles. The molecule has 3 aliphatic carbocycles. The summed E-state index contributed by atoms with van der Waals surface area (Å²) in [5.41, 5.74) is 12.2. The molecule has 188 valence electrons. The number of hydrogen-bond donors (Lipinski definition) is 0. The van der Waals surface area contributed by atoms with E-state index in [2.05, 4.69) is 121 Å². The first-order valence-corrected chi connectivity index (χ1v) is 14.5. The zero-order chi connectivity index (χ0) is 25.8. The van der Waals surface area contributed by atoms with Crippen LogP contribution in [0.2, 0.25) is 0 Å². The molecule has 0 heteroatoms. The molecule has 0 bridgehead atoms. The smallest absolute Gasteiger partial charge is 0.0215 e. The summed E-state index contributed by atoms with van der Waals surface area (Å²) in [5, 5.41) is 5.51. The minimum absolute atomic E-state index is 0.286. The van der Waals surface area contributed by atoms with Crippen LogP contribution in [0.25, 0.3) is 43.8 Å². The predicted octanol–water partition coefficient (Wildman–Crippen LogP) is 10.5. The Hall–Kier alpha value is -4.16. The Morgan fingerprint density at radius 1 is 0.410 bits per heavy atom. The third-order valence-electron chi connectivity index (χ3n) is 9.55. The van der Waals surface area contributed by atoms with E-state index >= 15 is 0 Å². The van der Waals surface area contributed by atoms with E-state index in [1.54, 1.807) is 11.1 Å². The molecule has 6 aromatic carbocycles. The second-order valence-electron chi connectivity index (χ2n) is 11.6. The molecule has 0 N–H and O–H groups in total. The van der Waals surface area contributed by atoms with Gasteiger partial charge in [0.1, 0.15) is 0 Å². The van der Waals surface area contributed by atoms with Gasteiger partial charge in [0.05, 0.1) is 0 Å². The first-order chi connectivity index (χ1) is 19.3. The van der Waals surface area contributed by atoms with Gasteiger partial charge in [-0.3, -0.25) is 0 Å². The monoisotopic (exact) mass is 500 g/mol. The quantitative estimate of drug-likeness (QED) is 0.194. The SMILES string of the molecule is c1ccc2c(c1)-c1c(ccc3ccccc13)C21CCCCC1.c1ccc2c(c1)Cc1ccc3ccccc3c1-2. The van der Waals surface area contributed by atoms with E-state index < -0.39 is 0 Å². The Labute approximate surface area is 231 Å². The molecule has 9 rings (SSSR count). The summed E-state index contributed by atoms with van der Waals surface area (Å²) < 4.78 is 0. The van der Waals surface area contributed by atoms with Crippen molar-refractivity contribution in [1.82, 2.24) is 0 Å². The number of hydrogen-bond acceptors (Lipinski definition) is 0. The van der Waals surface area contributed by atoms with Crippen LogP contribution in [0, 0.1) is 0 Å². The molecule has 0 heterocycles. The first-order valence-electron chi connectivity index (χ1n) is 14.5. The molecule has 1 fully saturated rings. The lowest BCUT2D eigenvalue weighted by molar-refractivity contribution is 0.353. The summed E-state index contributed by atoms with van der Waals surface area (Å²) in [4.78, 5) is 0. The Bertz CT molecular complexity index is 1870. The maximum atomic E-state index is 2.42. The summed E-state index contributed by atoms with van der Waals surface area (Å²) in [5.74, 6) is 0. The van der Waals surface area contributed by atoms with Crippen molar-refractivity contribution in [1.29, 1.82) is 0 Å². The Balaban J connectivity index is 0.000000125. The van der Waals surface area contributed by atoms with Gasteiger partial charge in [0.25, 0.3) is 0 Å². The topological polar surface area (TPSA) is 0 Å². The fourth-order valence-electron chi connectivity index (χ4n) is 7.82. The van der Waals surface area contributed by atoms with Crippen LogP contribution in [0.4, 0.5) is 0 Å². The molecule has 0 radical (unpaired) electrons. The van der Waals surface area contributed by atoms with Gasteiger partial charge >= 0.3 is 0 Å². The van der Waals surface area contributed by atoms with E-state index in [9.17, 15) is 0 Å². The minimum Gasteiger partial charge on any atom is -0.0619 e. The molecule has 0 nitrogen and oxygen atoms in total. The summed E-state index contributed by atoms with van der Waals surface area (Å²) in [6.07, 6.45) is 7.83. The Morgan fingerprint density at radius 3 is 1.82 bits per heavy atom. The summed E-state index contributed by atoms with van der Waals surface area (Å²) >= 11 is 0. The highest BCUT2D eigenvalue weighted by molar-refractivity contribution is 6.03. The van der Waals surface area contributed by atoms with Gasteiger partial charge in [-0.15, -0.1) is 0 Å². The van der Waals surface area contributed by atoms with Gasteiger partial charge in [-0.25, -0.2) is 0 Å². The fourth-order valence-corrected chi connectivity index (χ4v) is 7.82. The molecule has 39 heavy (non-hydrogen) atoms. The van der Waals surface area contributed by atoms with Crippen LogP contribution < -0.4 is 0 Å². The first kappa shape index (κ1) is 22.8. The summed E-state index contributed by atoms with van der Waals surface area (Å²) in [7, 11) is 0. The van der Waals surface area contributed by atoms with E-state index in [-0.39, 0.29) is 5.41 Å². The standard InChI is InChI=1S/C22H20.C17H12/c1-6-14-22(15-7-1)19-11-5-4-10-18(19)21-17-9-3-2-8-16(17)12-13-20(21)22;1-3-7-15-12(5-1)9-10-14-11-13-6-2-4-8-16(13)17(14)15/h2-5,8-13H,1,6-7,14-15H2;1-10H,11H2. The van der Waals surface area contributed by atoms with Crippen molar-refractivity contribution in [2.24, 2.45) is 0 Å². The molecular formula is C39H32. The van der Waals surface area contributed by atoms with Crippen molar-refractivity contribution in [2.75, 3.05) is 0 Å². The zero-order valence-electron chi connectivity index (χ0n) is 22.3. The van der Waals surface area contributed by atoms with E-state index in [4.69, 9.17) is 0 Å². The van der Waals surface area contributed by atoms with Crippen molar-refractivity contribution < 1.29 is 0 Å². The van der Waals surface area contributed by atoms with Gasteiger partial charge in [0.15, 0.2) is 0 Å². The lowest BCUT2D eigenvalue weighted by Crippen LogP contribution is -2.27. The van der Waals surface area contributed by atoms with Crippen LogP contribution in [0.15, 0.2) is 121 Å².